The lowest BCUT2D eigenvalue weighted by Gasteiger charge is -2.16. The standard InChI is InChI=1S/C13H20N2O3S/c1-9-5-6-12(7-13(9)15-11(3)16)14-10(2)8-19(4,17)18/h5-7,10,14H,8H2,1-4H3,(H,15,16). The smallest absolute Gasteiger partial charge is 0.221 e. The summed E-state index contributed by atoms with van der Waals surface area (Å²) >= 11 is 0. The van der Waals surface area contributed by atoms with E-state index >= 15 is 0 Å². The number of carbonyl (C=O) groups is 1. The van der Waals surface area contributed by atoms with Gasteiger partial charge in [0.05, 0.1) is 5.75 Å². The number of hydrogen-bond acceptors (Lipinski definition) is 4. The van der Waals surface area contributed by atoms with Crippen LogP contribution in [0.15, 0.2) is 18.2 Å². The molecule has 0 saturated heterocycles. The third kappa shape index (κ3) is 5.74. The summed E-state index contributed by atoms with van der Waals surface area (Å²) in [4.78, 5) is 11.1. The van der Waals surface area contributed by atoms with Crippen LogP contribution < -0.4 is 10.6 Å². The Balaban J connectivity index is 2.82. The van der Waals surface area contributed by atoms with E-state index in [0.717, 1.165) is 16.9 Å². The largest absolute Gasteiger partial charge is 0.382 e. The summed E-state index contributed by atoms with van der Waals surface area (Å²) in [5, 5.41) is 5.85. The molecule has 1 amide bonds. The molecule has 0 bridgehead atoms. The van der Waals surface area contributed by atoms with Crippen molar-refractivity contribution in [2.75, 3.05) is 22.6 Å². The highest BCUT2D eigenvalue weighted by Gasteiger charge is 2.11. The van der Waals surface area contributed by atoms with Crippen molar-refractivity contribution in [3.8, 4) is 0 Å². The van der Waals surface area contributed by atoms with Crippen LogP contribution in [0.2, 0.25) is 0 Å². The molecule has 1 rings (SSSR count). The van der Waals surface area contributed by atoms with Crippen LogP contribution in [-0.2, 0) is 14.6 Å². The van der Waals surface area contributed by atoms with E-state index in [-0.39, 0.29) is 17.7 Å². The Labute approximate surface area is 114 Å². The first-order chi connectivity index (χ1) is 8.67. The van der Waals surface area contributed by atoms with E-state index in [1.807, 2.05) is 19.1 Å². The van der Waals surface area contributed by atoms with E-state index in [4.69, 9.17) is 0 Å². The van der Waals surface area contributed by atoms with Crippen LogP contribution >= 0.6 is 0 Å². The summed E-state index contributed by atoms with van der Waals surface area (Å²) in [5.74, 6) is -0.0690. The van der Waals surface area contributed by atoms with Crippen molar-refractivity contribution in [1.82, 2.24) is 0 Å². The zero-order chi connectivity index (χ0) is 14.6. The lowest BCUT2D eigenvalue weighted by molar-refractivity contribution is -0.114. The number of nitrogens with one attached hydrogen (secondary N) is 2. The van der Waals surface area contributed by atoms with Gasteiger partial charge in [0.25, 0.3) is 0 Å². The highest BCUT2D eigenvalue weighted by Crippen LogP contribution is 2.21. The van der Waals surface area contributed by atoms with Gasteiger partial charge in [-0.2, -0.15) is 0 Å². The Morgan fingerprint density at radius 1 is 1.37 bits per heavy atom. The van der Waals surface area contributed by atoms with E-state index in [0.29, 0.717) is 0 Å². The van der Waals surface area contributed by atoms with Crippen LogP contribution in [0.4, 0.5) is 11.4 Å². The second-order valence-corrected chi connectivity index (χ2v) is 7.03. The van der Waals surface area contributed by atoms with E-state index < -0.39 is 9.84 Å². The minimum absolute atomic E-state index is 0.0658. The molecule has 0 fully saturated rings. The molecule has 0 aromatic heterocycles. The van der Waals surface area contributed by atoms with Gasteiger partial charge in [0.2, 0.25) is 5.91 Å². The Kier molecular flexibility index (Phi) is 4.94. The molecule has 0 spiro atoms. The van der Waals surface area contributed by atoms with Crippen LogP contribution in [0, 0.1) is 6.92 Å². The number of amides is 1. The predicted octanol–water partition coefficient (Wildman–Crippen LogP) is 1.80. The topological polar surface area (TPSA) is 75.3 Å². The number of benzene rings is 1. The molecule has 0 heterocycles. The minimum atomic E-state index is -3.01. The molecule has 0 saturated carbocycles. The van der Waals surface area contributed by atoms with Gasteiger partial charge < -0.3 is 10.6 Å². The van der Waals surface area contributed by atoms with Crippen molar-refractivity contribution in [3.05, 3.63) is 23.8 Å². The molecule has 1 unspecified atom stereocenters. The lowest BCUT2D eigenvalue weighted by Crippen LogP contribution is -2.25. The molecule has 5 nitrogen and oxygen atoms in total. The van der Waals surface area contributed by atoms with Crippen molar-refractivity contribution in [2.24, 2.45) is 0 Å². The molecule has 19 heavy (non-hydrogen) atoms. The number of carbonyl (C=O) groups excluding carboxylic acids is 1. The minimum Gasteiger partial charge on any atom is -0.382 e. The summed E-state index contributed by atoms with van der Waals surface area (Å²) in [6.07, 6.45) is 1.21. The summed E-state index contributed by atoms with van der Waals surface area (Å²) < 4.78 is 22.4. The van der Waals surface area contributed by atoms with E-state index in [1.54, 1.807) is 13.0 Å². The number of rotatable bonds is 5. The molecule has 2 N–H and O–H groups in total. The second-order valence-electron chi connectivity index (χ2n) is 4.85. The van der Waals surface area contributed by atoms with Crippen LogP contribution in [0.1, 0.15) is 19.4 Å². The summed E-state index contributed by atoms with van der Waals surface area (Å²) in [7, 11) is -3.01. The fourth-order valence-corrected chi connectivity index (χ4v) is 2.81. The van der Waals surface area contributed by atoms with Crippen molar-refractivity contribution >= 4 is 27.1 Å². The van der Waals surface area contributed by atoms with Crippen LogP contribution in [0.5, 0.6) is 0 Å². The van der Waals surface area contributed by atoms with Crippen molar-refractivity contribution in [3.63, 3.8) is 0 Å². The van der Waals surface area contributed by atoms with Gasteiger partial charge in [-0.05, 0) is 31.5 Å². The average molecular weight is 284 g/mol. The zero-order valence-corrected chi connectivity index (χ0v) is 12.5. The number of aryl methyl sites for hydroxylation is 1. The maximum absolute atomic E-state index is 11.2. The second kappa shape index (κ2) is 6.06. The summed E-state index contributed by atoms with van der Waals surface area (Å²) in [5.41, 5.74) is 2.46. The van der Waals surface area contributed by atoms with Gasteiger partial charge in [0.1, 0.15) is 9.84 Å². The first-order valence-electron chi connectivity index (χ1n) is 6.00. The molecule has 0 aliphatic carbocycles. The monoisotopic (exact) mass is 284 g/mol. The number of sulfone groups is 1. The highest BCUT2D eigenvalue weighted by atomic mass is 32.2. The van der Waals surface area contributed by atoms with Crippen LogP contribution in [0.25, 0.3) is 0 Å². The molecule has 106 valence electrons. The Morgan fingerprint density at radius 3 is 2.53 bits per heavy atom. The van der Waals surface area contributed by atoms with Gasteiger partial charge in [-0.25, -0.2) is 8.42 Å². The third-order valence-corrected chi connectivity index (χ3v) is 3.62. The van der Waals surface area contributed by atoms with E-state index in [2.05, 4.69) is 10.6 Å². The Morgan fingerprint density at radius 2 is 2.00 bits per heavy atom. The molecular formula is C13H20N2O3S. The molecule has 6 heteroatoms. The third-order valence-electron chi connectivity index (χ3n) is 2.51. The Bertz CT molecular complexity index is 567. The molecular weight excluding hydrogens is 264 g/mol. The quantitative estimate of drug-likeness (QED) is 0.864. The molecule has 1 aromatic carbocycles. The van der Waals surface area contributed by atoms with Gasteiger partial charge in [0, 0.05) is 30.6 Å². The van der Waals surface area contributed by atoms with Crippen LogP contribution in [-0.4, -0.2) is 32.4 Å². The highest BCUT2D eigenvalue weighted by molar-refractivity contribution is 7.90. The first kappa shape index (κ1) is 15.5. The SMILES string of the molecule is CC(=O)Nc1cc(NC(C)CS(C)(=O)=O)ccc1C. The first-order valence-corrected chi connectivity index (χ1v) is 8.06. The van der Waals surface area contributed by atoms with Crippen molar-refractivity contribution < 1.29 is 13.2 Å². The van der Waals surface area contributed by atoms with Gasteiger partial charge in [-0.3, -0.25) is 4.79 Å². The molecule has 0 aliphatic heterocycles. The molecule has 1 aromatic rings. The summed E-state index contributed by atoms with van der Waals surface area (Å²) in [6, 6.07) is 5.35. The summed E-state index contributed by atoms with van der Waals surface area (Å²) in [6.45, 7) is 5.15. The fourth-order valence-electron chi connectivity index (χ4n) is 1.82. The van der Waals surface area contributed by atoms with E-state index in [9.17, 15) is 13.2 Å². The van der Waals surface area contributed by atoms with Gasteiger partial charge in [0.15, 0.2) is 0 Å². The van der Waals surface area contributed by atoms with Crippen molar-refractivity contribution in [1.29, 1.82) is 0 Å². The Hall–Kier alpha value is -1.56. The number of anilines is 2. The van der Waals surface area contributed by atoms with Gasteiger partial charge in [-0.15, -0.1) is 0 Å². The zero-order valence-electron chi connectivity index (χ0n) is 11.6. The fraction of sp³-hybridized carbons (Fsp3) is 0.462. The molecule has 0 aliphatic rings. The normalized spacial score (nSPS) is 12.8. The van der Waals surface area contributed by atoms with Gasteiger partial charge >= 0.3 is 0 Å². The maximum Gasteiger partial charge on any atom is 0.221 e. The van der Waals surface area contributed by atoms with Crippen molar-refractivity contribution in [2.45, 2.75) is 26.8 Å². The predicted molar refractivity (Wildman–Crippen MR) is 78.3 cm³/mol. The van der Waals surface area contributed by atoms with Gasteiger partial charge in [-0.1, -0.05) is 6.07 Å². The average Bonchev–Trinajstić information content (AvgIpc) is 2.19. The van der Waals surface area contributed by atoms with Crippen LogP contribution in [0.3, 0.4) is 0 Å². The number of hydrogen-bond donors (Lipinski definition) is 2. The molecule has 1 atom stereocenters. The molecule has 0 radical (unpaired) electrons. The maximum atomic E-state index is 11.2. The lowest BCUT2D eigenvalue weighted by atomic mass is 10.1. The van der Waals surface area contributed by atoms with E-state index in [1.165, 1.54) is 13.2 Å².